The van der Waals surface area contributed by atoms with Crippen LogP contribution in [-0.2, 0) is 35.4 Å². The van der Waals surface area contributed by atoms with E-state index in [1.165, 1.54) is 35.3 Å². The van der Waals surface area contributed by atoms with E-state index in [2.05, 4.69) is 16.4 Å². The molecule has 1 N–H and O–H groups in total. The average Bonchev–Trinajstić information content (AvgIpc) is 3.18. The van der Waals surface area contributed by atoms with Crippen molar-refractivity contribution in [2.75, 3.05) is 11.9 Å². The number of anilines is 1. The minimum Gasteiger partial charge on any atom is -0.337 e. The molecule has 0 fully saturated rings. The number of hydrogen-bond acceptors (Lipinski definition) is 5. The van der Waals surface area contributed by atoms with Crippen LogP contribution >= 0.6 is 11.3 Å². The van der Waals surface area contributed by atoms with Gasteiger partial charge < -0.3 is 10.2 Å². The minimum absolute atomic E-state index is 0.00580. The molecule has 0 atom stereocenters. The lowest BCUT2D eigenvalue weighted by Gasteiger charge is -2.26. The molecule has 1 aromatic carbocycles. The fourth-order valence-corrected chi connectivity index (χ4v) is 5.44. The van der Waals surface area contributed by atoms with Crippen LogP contribution in [-0.4, -0.2) is 34.0 Å². The van der Waals surface area contributed by atoms with Gasteiger partial charge in [-0.3, -0.25) is 14.4 Å². The number of aryl methyl sites for hydroxylation is 2. The molecule has 6 nitrogen and oxygen atoms in total. The summed E-state index contributed by atoms with van der Waals surface area (Å²) in [5.74, 6) is 0.316. The Morgan fingerprint density at radius 3 is 2.66 bits per heavy atom. The molecule has 4 rings (SSSR count). The number of aromatic nitrogens is 1. The van der Waals surface area contributed by atoms with Gasteiger partial charge in [0, 0.05) is 42.7 Å². The van der Waals surface area contributed by atoms with Crippen molar-refractivity contribution in [2.45, 2.75) is 71.8 Å². The molecule has 170 valence electrons. The number of nitrogens with one attached hydrogen (secondary N) is 1. The standard InChI is InChI=1S/C25H31N3O3S/c1-16(2)13-24(31)28-12-11-20-22(15-28)32-25(26-20)27-23(30)10-9-21(29)19-8-7-17-5-3-4-6-18(17)14-19/h7-8,14,16H,3-6,9-13,15H2,1-2H3,(H,26,27,30). The van der Waals surface area contributed by atoms with E-state index < -0.39 is 0 Å². The first-order chi connectivity index (χ1) is 15.4. The summed E-state index contributed by atoms with van der Waals surface area (Å²) in [6, 6.07) is 5.97. The normalized spacial score (nSPS) is 15.3. The van der Waals surface area contributed by atoms with Crippen molar-refractivity contribution in [1.29, 1.82) is 0 Å². The van der Waals surface area contributed by atoms with Gasteiger partial charge in [-0.15, -0.1) is 0 Å². The lowest BCUT2D eigenvalue weighted by molar-refractivity contribution is -0.132. The number of amides is 2. The monoisotopic (exact) mass is 453 g/mol. The zero-order valence-electron chi connectivity index (χ0n) is 18.9. The Morgan fingerprint density at radius 1 is 1.09 bits per heavy atom. The number of Topliss-reactive ketones (excluding diaryl/α,β-unsaturated/α-hetero) is 1. The van der Waals surface area contributed by atoms with Crippen LogP contribution in [0.2, 0.25) is 0 Å². The zero-order chi connectivity index (χ0) is 22.7. The molecule has 1 aromatic heterocycles. The van der Waals surface area contributed by atoms with Crippen LogP contribution in [0.4, 0.5) is 5.13 Å². The third kappa shape index (κ3) is 5.44. The molecule has 0 radical (unpaired) electrons. The van der Waals surface area contributed by atoms with Gasteiger partial charge in [0.1, 0.15) is 0 Å². The lowest BCUT2D eigenvalue weighted by Crippen LogP contribution is -2.36. The first kappa shape index (κ1) is 22.6. The average molecular weight is 454 g/mol. The van der Waals surface area contributed by atoms with E-state index in [1.807, 2.05) is 30.9 Å². The fraction of sp³-hybridized carbons (Fsp3) is 0.520. The van der Waals surface area contributed by atoms with Crippen molar-refractivity contribution in [1.82, 2.24) is 9.88 Å². The predicted molar refractivity (Wildman–Crippen MR) is 126 cm³/mol. The van der Waals surface area contributed by atoms with Gasteiger partial charge in [-0.05, 0) is 48.8 Å². The first-order valence-corrected chi connectivity index (χ1v) is 12.4. The van der Waals surface area contributed by atoms with Crippen molar-refractivity contribution in [3.8, 4) is 0 Å². The molecule has 0 bridgehead atoms. The van der Waals surface area contributed by atoms with Crippen LogP contribution in [0.25, 0.3) is 0 Å². The molecular formula is C25H31N3O3S. The van der Waals surface area contributed by atoms with E-state index >= 15 is 0 Å². The quantitative estimate of drug-likeness (QED) is 0.624. The highest BCUT2D eigenvalue weighted by Gasteiger charge is 2.25. The lowest BCUT2D eigenvalue weighted by atomic mass is 9.89. The molecule has 1 aliphatic heterocycles. The number of ketones is 1. The van der Waals surface area contributed by atoms with E-state index in [9.17, 15) is 14.4 Å². The van der Waals surface area contributed by atoms with Crippen LogP contribution in [0.5, 0.6) is 0 Å². The maximum atomic E-state index is 12.6. The maximum Gasteiger partial charge on any atom is 0.226 e. The molecule has 2 heterocycles. The van der Waals surface area contributed by atoms with Crippen LogP contribution < -0.4 is 5.32 Å². The van der Waals surface area contributed by atoms with Crippen molar-refractivity contribution in [2.24, 2.45) is 5.92 Å². The topological polar surface area (TPSA) is 79.4 Å². The van der Waals surface area contributed by atoms with Gasteiger partial charge in [0.2, 0.25) is 11.8 Å². The van der Waals surface area contributed by atoms with E-state index in [-0.39, 0.29) is 30.4 Å². The SMILES string of the molecule is CC(C)CC(=O)N1CCc2nc(NC(=O)CCC(=O)c3ccc4c(c3)CCCC4)sc2C1. The van der Waals surface area contributed by atoms with E-state index in [0.717, 1.165) is 23.4 Å². The van der Waals surface area contributed by atoms with E-state index in [0.29, 0.717) is 42.5 Å². The molecule has 32 heavy (non-hydrogen) atoms. The van der Waals surface area contributed by atoms with Crippen molar-refractivity contribution in [3.05, 3.63) is 45.5 Å². The van der Waals surface area contributed by atoms with Crippen molar-refractivity contribution < 1.29 is 14.4 Å². The Labute approximate surface area is 193 Å². The van der Waals surface area contributed by atoms with Crippen LogP contribution in [0.1, 0.15) is 78.0 Å². The number of nitrogens with zero attached hydrogens (tertiary/aromatic N) is 2. The number of rotatable bonds is 7. The Morgan fingerprint density at radius 2 is 1.88 bits per heavy atom. The highest BCUT2D eigenvalue weighted by atomic mass is 32.1. The van der Waals surface area contributed by atoms with Crippen LogP contribution in [0.3, 0.4) is 0 Å². The second-order valence-corrected chi connectivity index (χ2v) is 10.3. The number of fused-ring (bicyclic) bond motifs is 2. The summed E-state index contributed by atoms with van der Waals surface area (Å²) in [7, 11) is 0. The summed E-state index contributed by atoms with van der Waals surface area (Å²) in [6.07, 6.45) is 6.10. The number of thiazole rings is 1. The number of benzene rings is 1. The van der Waals surface area contributed by atoms with Gasteiger partial charge in [0.05, 0.1) is 12.2 Å². The first-order valence-electron chi connectivity index (χ1n) is 11.6. The third-order valence-electron chi connectivity index (χ3n) is 6.16. The number of hydrogen-bond donors (Lipinski definition) is 1. The number of carbonyl (C=O) groups excluding carboxylic acids is 3. The predicted octanol–water partition coefficient (Wildman–Crippen LogP) is 4.55. The Balaban J connectivity index is 1.29. The summed E-state index contributed by atoms with van der Waals surface area (Å²) in [5, 5.41) is 3.40. The van der Waals surface area contributed by atoms with Gasteiger partial charge in [-0.2, -0.15) is 0 Å². The number of carbonyl (C=O) groups is 3. The highest BCUT2D eigenvalue weighted by Crippen LogP contribution is 2.29. The molecule has 2 amide bonds. The van der Waals surface area contributed by atoms with Gasteiger partial charge >= 0.3 is 0 Å². The van der Waals surface area contributed by atoms with Crippen LogP contribution in [0.15, 0.2) is 18.2 Å². The molecular weight excluding hydrogens is 422 g/mol. The van der Waals surface area contributed by atoms with Crippen LogP contribution in [0, 0.1) is 5.92 Å². The zero-order valence-corrected chi connectivity index (χ0v) is 19.7. The van der Waals surface area contributed by atoms with Crippen molar-refractivity contribution >= 4 is 34.1 Å². The molecule has 0 unspecified atom stereocenters. The summed E-state index contributed by atoms with van der Waals surface area (Å²) in [5.41, 5.74) is 4.29. The largest absolute Gasteiger partial charge is 0.337 e. The Bertz CT molecular complexity index is 1030. The highest BCUT2D eigenvalue weighted by molar-refractivity contribution is 7.15. The molecule has 0 saturated heterocycles. The van der Waals surface area contributed by atoms with Crippen molar-refractivity contribution in [3.63, 3.8) is 0 Å². The van der Waals surface area contributed by atoms with Gasteiger partial charge in [-0.1, -0.05) is 37.3 Å². The summed E-state index contributed by atoms with van der Waals surface area (Å²) < 4.78 is 0. The fourth-order valence-electron chi connectivity index (χ4n) is 4.40. The molecule has 0 saturated carbocycles. The second-order valence-electron chi connectivity index (χ2n) is 9.21. The second kappa shape index (κ2) is 9.94. The summed E-state index contributed by atoms with van der Waals surface area (Å²) >= 11 is 1.43. The maximum absolute atomic E-state index is 12.6. The van der Waals surface area contributed by atoms with Gasteiger partial charge in [-0.25, -0.2) is 4.98 Å². The Kier molecular flexibility index (Phi) is 7.04. The van der Waals surface area contributed by atoms with E-state index in [1.54, 1.807) is 0 Å². The summed E-state index contributed by atoms with van der Waals surface area (Å²) in [6.45, 7) is 5.32. The third-order valence-corrected chi connectivity index (χ3v) is 7.16. The van der Waals surface area contributed by atoms with E-state index in [4.69, 9.17) is 0 Å². The molecule has 1 aliphatic carbocycles. The Hall–Kier alpha value is -2.54. The van der Waals surface area contributed by atoms with Gasteiger partial charge in [0.25, 0.3) is 0 Å². The van der Waals surface area contributed by atoms with Gasteiger partial charge in [0.15, 0.2) is 10.9 Å². The molecule has 0 spiro atoms. The smallest absolute Gasteiger partial charge is 0.226 e. The molecule has 2 aromatic rings. The summed E-state index contributed by atoms with van der Waals surface area (Å²) in [4.78, 5) is 44.8. The molecule has 7 heteroatoms. The minimum atomic E-state index is -0.199. The molecule has 2 aliphatic rings.